The van der Waals surface area contributed by atoms with Gasteiger partial charge in [0.25, 0.3) is 5.91 Å². The van der Waals surface area contributed by atoms with Gasteiger partial charge in [-0.3, -0.25) is 10.1 Å². The first-order chi connectivity index (χ1) is 7.15. The average molecular weight is 325 g/mol. The molecule has 1 N–H and O–H groups in total. The fraction of sp³-hybridized carbons (Fsp3) is 0. The van der Waals surface area contributed by atoms with Crippen LogP contribution in [0.1, 0.15) is 10.5 Å². The highest BCUT2D eigenvalue weighted by atomic mass is 79.9. The van der Waals surface area contributed by atoms with Gasteiger partial charge >= 0.3 is 0 Å². The lowest BCUT2D eigenvalue weighted by molar-refractivity contribution is 0.102. The van der Waals surface area contributed by atoms with Crippen LogP contribution in [-0.4, -0.2) is 15.9 Å². The summed E-state index contributed by atoms with van der Waals surface area (Å²) in [5.74, 6) is -0.306. The second-order valence-corrected chi connectivity index (χ2v) is 6.26. The molecule has 0 fully saturated rings. The Morgan fingerprint density at radius 3 is 2.93 bits per heavy atom. The van der Waals surface area contributed by atoms with Crippen LogP contribution in [0.4, 0.5) is 5.13 Å². The molecule has 0 aliphatic rings. The molecular formula is C7H3BrClN3OS2. The first kappa shape index (κ1) is 11.0. The van der Waals surface area contributed by atoms with Crippen LogP contribution in [0.5, 0.6) is 0 Å². The molecule has 15 heavy (non-hydrogen) atoms. The Hall–Kier alpha value is -0.500. The van der Waals surface area contributed by atoms with Gasteiger partial charge in [0, 0.05) is 5.38 Å². The molecule has 2 rings (SSSR count). The standard InChI is InChI=1S/C7H3BrClN3OS2/c8-4-1-10-7(15-4)12-5(13)3-2-14-6(9)11-3/h1-2H,(H,10,12,13). The maximum Gasteiger partial charge on any atom is 0.276 e. The number of rotatable bonds is 2. The second-order valence-electron chi connectivity index (χ2n) is 2.41. The lowest BCUT2D eigenvalue weighted by Gasteiger charge is -1.96. The summed E-state index contributed by atoms with van der Waals surface area (Å²) in [7, 11) is 0. The third-order valence-corrected chi connectivity index (χ3v) is 3.78. The number of carbonyl (C=O) groups is 1. The number of amides is 1. The average Bonchev–Trinajstić information content (AvgIpc) is 2.75. The fourth-order valence-electron chi connectivity index (χ4n) is 0.830. The number of halogens is 2. The van der Waals surface area contributed by atoms with Crippen LogP contribution in [0.3, 0.4) is 0 Å². The van der Waals surface area contributed by atoms with Gasteiger partial charge in [0.05, 0.1) is 9.98 Å². The third kappa shape index (κ3) is 2.75. The van der Waals surface area contributed by atoms with E-state index in [1.165, 1.54) is 22.7 Å². The lowest BCUT2D eigenvalue weighted by atomic mass is 10.5. The van der Waals surface area contributed by atoms with E-state index in [0.717, 1.165) is 3.79 Å². The third-order valence-electron chi connectivity index (χ3n) is 1.41. The van der Waals surface area contributed by atoms with E-state index in [-0.39, 0.29) is 5.91 Å². The molecule has 8 heteroatoms. The van der Waals surface area contributed by atoms with Gasteiger partial charge in [0.2, 0.25) is 0 Å². The van der Waals surface area contributed by atoms with Crippen LogP contribution < -0.4 is 5.32 Å². The zero-order chi connectivity index (χ0) is 10.8. The van der Waals surface area contributed by atoms with E-state index >= 15 is 0 Å². The predicted molar refractivity (Wildman–Crippen MR) is 64.9 cm³/mol. The Morgan fingerprint density at radius 2 is 2.40 bits per heavy atom. The van der Waals surface area contributed by atoms with Crippen molar-refractivity contribution in [3.63, 3.8) is 0 Å². The summed E-state index contributed by atoms with van der Waals surface area (Å²) < 4.78 is 1.20. The van der Waals surface area contributed by atoms with Gasteiger partial charge in [-0.15, -0.1) is 11.3 Å². The molecule has 4 nitrogen and oxygen atoms in total. The molecule has 2 aromatic rings. The van der Waals surface area contributed by atoms with Crippen molar-refractivity contribution in [2.24, 2.45) is 0 Å². The highest BCUT2D eigenvalue weighted by Gasteiger charge is 2.11. The van der Waals surface area contributed by atoms with Gasteiger partial charge in [-0.05, 0) is 15.9 Å². The van der Waals surface area contributed by atoms with Gasteiger partial charge in [-0.2, -0.15) is 0 Å². The number of nitrogens with one attached hydrogen (secondary N) is 1. The van der Waals surface area contributed by atoms with Crippen molar-refractivity contribution < 1.29 is 4.79 Å². The van der Waals surface area contributed by atoms with Crippen molar-refractivity contribution in [3.05, 3.63) is 25.5 Å². The Balaban J connectivity index is 2.10. The molecule has 0 spiro atoms. The molecule has 0 aliphatic heterocycles. The molecule has 0 aliphatic carbocycles. The number of thiazole rings is 2. The van der Waals surface area contributed by atoms with Gasteiger partial charge in [0.1, 0.15) is 5.69 Å². The van der Waals surface area contributed by atoms with Crippen molar-refractivity contribution >= 4 is 61.2 Å². The highest BCUT2D eigenvalue weighted by Crippen LogP contribution is 2.24. The van der Waals surface area contributed by atoms with Crippen LogP contribution in [0.15, 0.2) is 15.4 Å². The summed E-state index contributed by atoms with van der Waals surface area (Å²) in [4.78, 5) is 19.4. The predicted octanol–water partition coefficient (Wildman–Crippen LogP) is 3.27. The minimum absolute atomic E-state index is 0.302. The van der Waals surface area contributed by atoms with Crippen LogP contribution in [-0.2, 0) is 0 Å². The van der Waals surface area contributed by atoms with Crippen LogP contribution in [0.2, 0.25) is 4.47 Å². The number of aromatic nitrogens is 2. The molecule has 2 heterocycles. The first-order valence-corrected chi connectivity index (χ1v) is 6.55. The summed E-state index contributed by atoms with van der Waals surface area (Å²) in [6.07, 6.45) is 1.62. The Kier molecular flexibility index (Phi) is 3.35. The molecule has 1 amide bonds. The molecule has 0 radical (unpaired) electrons. The molecule has 0 unspecified atom stereocenters. The van der Waals surface area contributed by atoms with Crippen LogP contribution in [0.25, 0.3) is 0 Å². The molecule has 78 valence electrons. The number of carbonyl (C=O) groups excluding carboxylic acids is 1. The number of nitrogens with zero attached hydrogens (tertiary/aromatic N) is 2. The summed E-state index contributed by atoms with van der Waals surface area (Å²) in [6, 6.07) is 0. The smallest absolute Gasteiger partial charge is 0.276 e. The van der Waals surface area contributed by atoms with Crippen molar-refractivity contribution in [2.45, 2.75) is 0 Å². The largest absolute Gasteiger partial charge is 0.296 e. The van der Waals surface area contributed by atoms with E-state index in [4.69, 9.17) is 11.6 Å². The number of anilines is 1. The quantitative estimate of drug-likeness (QED) is 0.922. The van der Waals surface area contributed by atoms with Gasteiger partial charge in [-0.1, -0.05) is 22.9 Å². The van der Waals surface area contributed by atoms with Gasteiger partial charge < -0.3 is 0 Å². The van der Waals surface area contributed by atoms with Crippen LogP contribution >= 0.6 is 50.2 Å². The Bertz CT molecular complexity index is 498. The van der Waals surface area contributed by atoms with Crippen molar-refractivity contribution in [1.29, 1.82) is 0 Å². The summed E-state index contributed by atoms with van der Waals surface area (Å²) >= 11 is 11.4. The fourth-order valence-corrected chi connectivity index (χ4v) is 2.68. The molecule has 2 aromatic heterocycles. The second kappa shape index (κ2) is 4.56. The lowest BCUT2D eigenvalue weighted by Crippen LogP contribution is -2.11. The maximum absolute atomic E-state index is 11.6. The molecule has 0 saturated heterocycles. The normalized spacial score (nSPS) is 10.3. The molecule has 0 bridgehead atoms. The van der Waals surface area contributed by atoms with Gasteiger partial charge in [-0.25, -0.2) is 9.97 Å². The minimum Gasteiger partial charge on any atom is -0.296 e. The maximum atomic E-state index is 11.6. The van der Waals surface area contributed by atoms with E-state index in [1.807, 2.05) is 0 Å². The molecular weight excluding hydrogens is 322 g/mol. The highest BCUT2D eigenvalue weighted by molar-refractivity contribution is 9.11. The van der Waals surface area contributed by atoms with Crippen LogP contribution in [0, 0.1) is 0 Å². The number of hydrogen-bond donors (Lipinski definition) is 1. The van der Waals surface area contributed by atoms with Crippen molar-refractivity contribution in [2.75, 3.05) is 5.32 Å². The van der Waals surface area contributed by atoms with Crippen molar-refractivity contribution in [1.82, 2.24) is 9.97 Å². The summed E-state index contributed by atoms with van der Waals surface area (Å²) in [5, 5.41) is 4.74. The zero-order valence-corrected chi connectivity index (χ0v) is 11.0. The number of hydrogen-bond acceptors (Lipinski definition) is 5. The van der Waals surface area contributed by atoms with Crippen molar-refractivity contribution in [3.8, 4) is 0 Å². The summed E-state index contributed by atoms with van der Waals surface area (Å²) in [6.45, 7) is 0. The van der Waals surface area contributed by atoms with E-state index in [0.29, 0.717) is 15.3 Å². The summed E-state index contributed by atoms with van der Waals surface area (Å²) in [5.41, 5.74) is 0.302. The molecule has 0 atom stereocenters. The first-order valence-electron chi connectivity index (χ1n) is 3.69. The topological polar surface area (TPSA) is 54.9 Å². The Labute approximate surface area is 106 Å². The van der Waals surface area contributed by atoms with E-state index < -0.39 is 0 Å². The SMILES string of the molecule is O=C(Nc1ncc(Br)s1)c1csc(Cl)n1. The monoisotopic (exact) mass is 323 g/mol. The van der Waals surface area contributed by atoms with E-state index in [1.54, 1.807) is 11.6 Å². The van der Waals surface area contributed by atoms with E-state index in [9.17, 15) is 4.79 Å². The molecule has 0 aromatic carbocycles. The zero-order valence-electron chi connectivity index (χ0n) is 7.03. The molecule has 0 saturated carbocycles. The Morgan fingerprint density at radius 1 is 1.60 bits per heavy atom. The van der Waals surface area contributed by atoms with E-state index in [2.05, 4.69) is 31.2 Å². The van der Waals surface area contributed by atoms with Gasteiger partial charge in [0.15, 0.2) is 9.60 Å². The minimum atomic E-state index is -0.306.